The average Bonchev–Trinajstić information content (AvgIpc) is 3.10. The Morgan fingerprint density at radius 1 is 1.26 bits per heavy atom. The first-order chi connectivity index (χ1) is 10.1. The van der Waals surface area contributed by atoms with Crippen LogP contribution in [0.5, 0.6) is 0 Å². The second kappa shape index (κ2) is 8.87. The molecular formula is C15H27Cl2N5O. The first-order valence-electron chi connectivity index (χ1n) is 7.87. The standard InChI is InChI=1S/C15H25N5O.2ClH/c1-12-9-13(2)20(17-12)11-15(21)19-7-5-18(6-8-19)14-3-4-16-10-14;;/h9,14,16H,3-8,10-11H2,1-2H3;2*1H. The highest BCUT2D eigenvalue weighted by molar-refractivity contribution is 5.85. The van der Waals surface area contributed by atoms with E-state index in [1.165, 1.54) is 6.42 Å². The SMILES string of the molecule is Cc1cc(C)n(CC(=O)N2CCN(C3CCNC3)CC2)n1.Cl.Cl. The Hall–Kier alpha value is -0.820. The molecule has 3 heterocycles. The summed E-state index contributed by atoms with van der Waals surface area (Å²) in [4.78, 5) is 16.9. The lowest BCUT2D eigenvalue weighted by molar-refractivity contribution is -0.134. The van der Waals surface area contributed by atoms with Crippen LogP contribution in [0.2, 0.25) is 0 Å². The Morgan fingerprint density at radius 2 is 1.96 bits per heavy atom. The molecule has 1 amide bonds. The van der Waals surface area contributed by atoms with E-state index in [0.717, 1.165) is 50.7 Å². The maximum atomic E-state index is 12.4. The van der Waals surface area contributed by atoms with Crippen molar-refractivity contribution in [2.24, 2.45) is 0 Å². The number of nitrogens with one attached hydrogen (secondary N) is 1. The Labute approximate surface area is 150 Å². The zero-order valence-corrected chi connectivity index (χ0v) is 15.5. The summed E-state index contributed by atoms with van der Waals surface area (Å²) in [7, 11) is 0. The van der Waals surface area contributed by atoms with Crippen molar-refractivity contribution < 1.29 is 4.79 Å². The number of piperazine rings is 1. The zero-order valence-electron chi connectivity index (χ0n) is 13.8. The van der Waals surface area contributed by atoms with Crippen molar-refractivity contribution in [3.63, 3.8) is 0 Å². The molecule has 6 nitrogen and oxygen atoms in total. The van der Waals surface area contributed by atoms with Gasteiger partial charge in [0.05, 0.1) is 5.69 Å². The molecule has 1 aromatic rings. The minimum atomic E-state index is 0. The van der Waals surface area contributed by atoms with E-state index in [9.17, 15) is 4.79 Å². The molecular weight excluding hydrogens is 337 g/mol. The molecule has 0 aromatic carbocycles. The van der Waals surface area contributed by atoms with Crippen LogP contribution in [0.4, 0.5) is 0 Å². The van der Waals surface area contributed by atoms with Gasteiger partial charge in [-0.25, -0.2) is 0 Å². The predicted molar refractivity (Wildman–Crippen MR) is 95.6 cm³/mol. The van der Waals surface area contributed by atoms with Gasteiger partial charge in [-0.1, -0.05) is 0 Å². The number of nitrogens with zero attached hydrogens (tertiary/aromatic N) is 4. The van der Waals surface area contributed by atoms with Crippen molar-refractivity contribution in [2.75, 3.05) is 39.3 Å². The molecule has 0 bridgehead atoms. The van der Waals surface area contributed by atoms with Gasteiger partial charge in [0, 0.05) is 44.5 Å². The van der Waals surface area contributed by atoms with Gasteiger partial charge in [0.2, 0.25) is 5.91 Å². The fraction of sp³-hybridized carbons (Fsp3) is 0.733. The second-order valence-corrected chi connectivity index (χ2v) is 6.15. The fourth-order valence-electron chi connectivity index (χ4n) is 3.35. The number of hydrogen-bond acceptors (Lipinski definition) is 4. The van der Waals surface area contributed by atoms with Crippen LogP contribution in [0.3, 0.4) is 0 Å². The molecule has 2 fully saturated rings. The predicted octanol–water partition coefficient (Wildman–Crippen LogP) is 0.850. The maximum Gasteiger partial charge on any atom is 0.244 e. The minimum Gasteiger partial charge on any atom is -0.339 e. The van der Waals surface area contributed by atoms with Gasteiger partial charge >= 0.3 is 0 Å². The van der Waals surface area contributed by atoms with Crippen LogP contribution in [0, 0.1) is 13.8 Å². The number of amides is 1. The van der Waals surface area contributed by atoms with Crippen LogP contribution in [0.15, 0.2) is 6.07 Å². The lowest BCUT2D eigenvalue weighted by Crippen LogP contribution is -2.53. The third kappa shape index (κ3) is 4.83. The third-order valence-electron chi connectivity index (χ3n) is 4.61. The zero-order chi connectivity index (χ0) is 14.8. The van der Waals surface area contributed by atoms with Gasteiger partial charge in [0.25, 0.3) is 0 Å². The summed E-state index contributed by atoms with van der Waals surface area (Å²) in [6.45, 7) is 10.2. The summed E-state index contributed by atoms with van der Waals surface area (Å²) in [5.74, 6) is 0.186. The molecule has 3 rings (SSSR count). The molecule has 132 valence electrons. The largest absolute Gasteiger partial charge is 0.339 e. The molecule has 0 spiro atoms. The second-order valence-electron chi connectivity index (χ2n) is 6.15. The number of aromatic nitrogens is 2. The number of halogens is 2. The summed E-state index contributed by atoms with van der Waals surface area (Å²) in [5, 5.41) is 7.78. The third-order valence-corrected chi connectivity index (χ3v) is 4.61. The maximum absolute atomic E-state index is 12.4. The highest BCUT2D eigenvalue weighted by Crippen LogP contribution is 2.12. The molecule has 0 radical (unpaired) electrons. The lowest BCUT2D eigenvalue weighted by atomic mass is 10.2. The topological polar surface area (TPSA) is 53.4 Å². The Balaban J connectivity index is 0.00000132. The molecule has 2 aliphatic heterocycles. The van der Waals surface area contributed by atoms with E-state index in [4.69, 9.17) is 0 Å². The summed E-state index contributed by atoms with van der Waals surface area (Å²) < 4.78 is 1.81. The first kappa shape index (κ1) is 20.2. The number of rotatable bonds is 3. The Bertz CT molecular complexity index is 508. The van der Waals surface area contributed by atoms with Crippen LogP contribution in [-0.2, 0) is 11.3 Å². The number of hydrogen-bond donors (Lipinski definition) is 1. The van der Waals surface area contributed by atoms with Gasteiger partial charge in [-0.05, 0) is 32.9 Å². The van der Waals surface area contributed by atoms with E-state index in [0.29, 0.717) is 12.6 Å². The van der Waals surface area contributed by atoms with E-state index in [2.05, 4.69) is 15.3 Å². The van der Waals surface area contributed by atoms with Crippen LogP contribution < -0.4 is 5.32 Å². The number of carbonyl (C=O) groups is 1. The summed E-state index contributed by atoms with van der Waals surface area (Å²) >= 11 is 0. The van der Waals surface area contributed by atoms with E-state index < -0.39 is 0 Å². The van der Waals surface area contributed by atoms with Crippen molar-refractivity contribution in [1.82, 2.24) is 24.9 Å². The van der Waals surface area contributed by atoms with Gasteiger partial charge in [0.1, 0.15) is 6.54 Å². The van der Waals surface area contributed by atoms with E-state index in [1.807, 2.05) is 29.5 Å². The summed E-state index contributed by atoms with van der Waals surface area (Å²) in [6.07, 6.45) is 1.24. The van der Waals surface area contributed by atoms with Crippen LogP contribution in [0.1, 0.15) is 17.8 Å². The van der Waals surface area contributed by atoms with E-state index in [-0.39, 0.29) is 30.7 Å². The van der Waals surface area contributed by atoms with E-state index in [1.54, 1.807) is 0 Å². The lowest BCUT2D eigenvalue weighted by Gasteiger charge is -2.37. The van der Waals surface area contributed by atoms with Crippen molar-refractivity contribution in [3.8, 4) is 0 Å². The summed E-state index contributed by atoms with van der Waals surface area (Å²) in [6, 6.07) is 2.68. The van der Waals surface area contributed by atoms with Gasteiger partial charge in [-0.15, -0.1) is 24.8 Å². The fourth-order valence-corrected chi connectivity index (χ4v) is 3.35. The molecule has 2 saturated heterocycles. The quantitative estimate of drug-likeness (QED) is 0.864. The molecule has 0 saturated carbocycles. The molecule has 0 aliphatic carbocycles. The monoisotopic (exact) mass is 363 g/mol. The molecule has 2 aliphatic rings. The van der Waals surface area contributed by atoms with Crippen LogP contribution in [-0.4, -0.2) is 70.8 Å². The Kier molecular flexibility index (Phi) is 7.80. The molecule has 23 heavy (non-hydrogen) atoms. The Morgan fingerprint density at radius 3 is 2.48 bits per heavy atom. The van der Waals surface area contributed by atoms with E-state index >= 15 is 0 Å². The smallest absolute Gasteiger partial charge is 0.244 e. The molecule has 8 heteroatoms. The van der Waals surface area contributed by atoms with Crippen LogP contribution in [0.25, 0.3) is 0 Å². The van der Waals surface area contributed by atoms with Crippen molar-refractivity contribution in [1.29, 1.82) is 0 Å². The first-order valence-corrected chi connectivity index (χ1v) is 7.87. The molecule has 1 unspecified atom stereocenters. The number of carbonyl (C=O) groups excluding carboxylic acids is 1. The van der Waals surface area contributed by atoms with Crippen molar-refractivity contribution >= 4 is 30.7 Å². The molecule has 1 N–H and O–H groups in total. The van der Waals surface area contributed by atoms with Crippen molar-refractivity contribution in [3.05, 3.63) is 17.5 Å². The van der Waals surface area contributed by atoms with Gasteiger partial charge in [0.15, 0.2) is 0 Å². The van der Waals surface area contributed by atoms with Gasteiger partial charge < -0.3 is 10.2 Å². The van der Waals surface area contributed by atoms with Crippen LogP contribution >= 0.6 is 24.8 Å². The molecule has 1 atom stereocenters. The highest BCUT2D eigenvalue weighted by Gasteiger charge is 2.27. The summed E-state index contributed by atoms with van der Waals surface area (Å²) in [5.41, 5.74) is 2.02. The van der Waals surface area contributed by atoms with Gasteiger partial charge in [-0.3, -0.25) is 14.4 Å². The number of aryl methyl sites for hydroxylation is 2. The normalized spacial score (nSPS) is 21.7. The van der Waals surface area contributed by atoms with Gasteiger partial charge in [-0.2, -0.15) is 5.10 Å². The van der Waals surface area contributed by atoms with Crippen molar-refractivity contribution in [2.45, 2.75) is 32.9 Å². The minimum absolute atomic E-state index is 0. The average molecular weight is 364 g/mol. The highest BCUT2D eigenvalue weighted by atomic mass is 35.5. The molecule has 1 aromatic heterocycles.